The molecule has 0 bridgehead atoms. The number of methoxy groups -OCH3 is 1. The van der Waals surface area contributed by atoms with E-state index in [1.165, 1.54) is 26.3 Å². The molecule has 0 unspecified atom stereocenters. The predicted octanol–water partition coefficient (Wildman–Crippen LogP) is 6.72. The van der Waals surface area contributed by atoms with Gasteiger partial charge in [0.25, 0.3) is 5.91 Å². The summed E-state index contributed by atoms with van der Waals surface area (Å²) < 4.78 is 16.4. The number of rotatable bonds is 9. The van der Waals surface area contributed by atoms with Crippen molar-refractivity contribution in [1.82, 2.24) is 10.3 Å². The molecule has 0 radical (unpaired) electrons. The average molecular weight is 600 g/mol. The van der Waals surface area contributed by atoms with Crippen LogP contribution in [0.5, 0.6) is 11.5 Å². The third kappa shape index (κ3) is 7.65. The van der Waals surface area contributed by atoms with E-state index in [0.29, 0.717) is 21.4 Å². The highest BCUT2D eigenvalue weighted by Crippen LogP contribution is 2.33. The van der Waals surface area contributed by atoms with E-state index in [1.807, 2.05) is 38.1 Å². The van der Waals surface area contributed by atoms with Gasteiger partial charge in [0.05, 0.1) is 13.0 Å². The summed E-state index contributed by atoms with van der Waals surface area (Å²) >= 11 is 12.5. The lowest BCUT2D eigenvalue weighted by molar-refractivity contribution is -0.141. The minimum Gasteiger partial charge on any atom is -0.493 e. The van der Waals surface area contributed by atoms with Gasteiger partial charge in [-0.25, -0.2) is 9.78 Å². The molecule has 3 aromatic rings. The molecular weight excluding hydrogens is 567 g/mol. The molecule has 0 aliphatic heterocycles. The Morgan fingerprint density at radius 3 is 1.93 bits per heavy atom. The Kier molecular flexibility index (Phi) is 10.5. The number of nitrogens with zero attached hydrogens (tertiary/aromatic N) is 1. The van der Waals surface area contributed by atoms with E-state index in [-0.39, 0.29) is 17.2 Å². The number of pyridine rings is 1. The molecule has 1 atom stereocenters. The fourth-order valence-corrected chi connectivity index (χ4v) is 4.09. The lowest BCUT2D eigenvalue weighted by atomic mass is 9.94. The number of halogens is 2. The number of aryl methyl sites for hydroxylation is 2. The van der Waals surface area contributed by atoms with Crippen molar-refractivity contribution >= 4 is 46.6 Å². The Hall–Kier alpha value is -3.88. The van der Waals surface area contributed by atoms with Gasteiger partial charge in [-0.05, 0) is 74.2 Å². The quantitative estimate of drug-likeness (QED) is 0.215. The van der Waals surface area contributed by atoms with Crippen molar-refractivity contribution < 1.29 is 28.6 Å². The minimum atomic E-state index is -1.08. The van der Waals surface area contributed by atoms with Crippen molar-refractivity contribution in [1.29, 1.82) is 0 Å². The van der Waals surface area contributed by atoms with E-state index in [4.69, 9.17) is 37.4 Å². The molecule has 1 N–H and O–H groups in total. The second-order valence-corrected chi connectivity index (χ2v) is 10.6. The lowest BCUT2D eigenvalue weighted by Crippen LogP contribution is -2.40. The van der Waals surface area contributed by atoms with Gasteiger partial charge < -0.3 is 19.5 Å². The summed E-state index contributed by atoms with van der Waals surface area (Å²) in [4.78, 5) is 42.6. The molecule has 2 aromatic carbocycles. The first-order valence-electron chi connectivity index (χ1n) is 12.8. The highest BCUT2D eigenvalue weighted by atomic mass is 35.5. The molecule has 1 aromatic heterocycles. The van der Waals surface area contributed by atoms with Gasteiger partial charge >= 0.3 is 11.9 Å². The van der Waals surface area contributed by atoms with Crippen LogP contribution in [0.1, 0.15) is 60.4 Å². The first-order valence-corrected chi connectivity index (χ1v) is 13.6. The average Bonchev–Trinajstić information content (AvgIpc) is 2.92. The lowest BCUT2D eigenvalue weighted by Gasteiger charge is -2.18. The van der Waals surface area contributed by atoms with Crippen LogP contribution in [-0.4, -0.2) is 36.0 Å². The summed E-state index contributed by atoms with van der Waals surface area (Å²) in [7, 11) is 1.38. The van der Waals surface area contributed by atoms with Crippen molar-refractivity contribution in [2.24, 2.45) is 5.92 Å². The summed E-state index contributed by atoms with van der Waals surface area (Å²) in [5.74, 6) is -2.17. The van der Waals surface area contributed by atoms with Crippen molar-refractivity contribution in [2.45, 2.75) is 47.6 Å². The number of aromatic nitrogens is 1. The van der Waals surface area contributed by atoms with Gasteiger partial charge in [0.1, 0.15) is 11.8 Å². The molecule has 0 spiro atoms. The number of esters is 2. The maximum absolute atomic E-state index is 13.2. The number of carbonyl (C=O) groups excluding carboxylic acids is 3. The first-order chi connectivity index (χ1) is 19.3. The van der Waals surface area contributed by atoms with Crippen LogP contribution < -0.4 is 14.8 Å². The molecule has 0 aliphatic carbocycles. The van der Waals surface area contributed by atoms with E-state index in [2.05, 4.69) is 10.3 Å². The van der Waals surface area contributed by atoms with Crippen LogP contribution in [0.2, 0.25) is 10.0 Å². The van der Waals surface area contributed by atoms with E-state index in [9.17, 15) is 14.4 Å². The second kappa shape index (κ2) is 13.7. The standard InChI is InChI=1S/C31H32Cl2N2O6/c1-16(2)30(37)41-28-25(39-7)12-13-34-27(28)29(36)35-19(5)31(38)40-20(6)26(21-8-10-23(32)17(3)14-21)22-9-11-24(33)18(4)15-22/h8-16,19H,1-7H3,(H,35,36)/t19-/m0/s1. The summed E-state index contributed by atoms with van der Waals surface area (Å²) in [6, 6.07) is 11.4. The zero-order valence-corrected chi connectivity index (χ0v) is 25.4. The van der Waals surface area contributed by atoms with E-state index >= 15 is 0 Å². The maximum Gasteiger partial charge on any atom is 0.333 e. The highest BCUT2D eigenvalue weighted by Gasteiger charge is 2.26. The maximum atomic E-state index is 13.2. The number of benzene rings is 2. The van der Waals surface area contributed by atoms with E-state index < -0.39 is 29.8 Å². The summed E-state index contributed by atoms with van der Waals surface area (Å²) in [6.45, 7) is 10.2. The molecule has 1 heterocycles. The zero-order chi connectivity index (χ0) is 30.4. The van der Waals surface area contributed by atoms with Gasteiger partial charge in [0.15, 0.2) is 11.4 Å². The number of carbonyl (C=O) groups is 3. The Labute approximate surface area is 249 Å². The third-order valence-corrected chi connectivity index (χ3v) is 7.03. The van der Waals surface area contributed by atoms with E-state index in [1.54, 1.807) is 32.9 Å². The predicted molar refractivity (Wildman–Crippen MR) is 158 cm³/mol. The fourth-order valence-electron chi connectivity index (χ4n) is 3.86. The van der Waals surface area contributed by atoms with E-state index in [0.717, 1.165) is 22.3 Å². The van der Waals surface area contributed by atoms with Gasteiger partial charge in [0.2, 0.25) is 5.75 Å². The second-order valence-electron chi connectivity index (χ2n) is 9.74. The number of hydrogen-bond donors (Lipinski definition) is 1. The summed E-state index contributed by atoms with van der Waals surface area (Å²) in [5.41, 5.74) is 3.73. The number of nitrogens with one attached hydrogen (secondary N) is 1. The van der Waals surface area contributed by atoms with Crippen LogP contribution >= 0.6 is 23.2 Å². The monoisotopic (exact) mass is 598 g/mol. The SMILES string of the molecule is COc1ccnc(C(=O)N[C@@H](C)C(=O)OC(C)=C(c2ccc(Cl)c(C)c2)c2ccc(Cl)c(C)c2)c1OC(=O)C(C)C. The number of hydrogen-bond acceptors (Lipinski definition) is 7. The highest BCUT2D eigenvalue weighted by molar-refractivity contribution is 6.31. The Balaban J connectivity index is 1.91. The fraction of sp³-hybridized carbons (Fsp3) is 0.290. The molecule has 3 rings (SSSR count). The third-order valence-electron chi connectivity index (χ3n) is 6.18. The normalized spacial score (nSPS) is 11.5. The molecule has 0 saturated carbocycles. The molecule has 41 heavy (non-hydrogen) atoms. The van der Waals surface area contributed by atoms with Crippen molar-refractivity contribution in [3.8, 4) is 11.5 Å². The molecule has 1 amide bonds. The summed E-state index contributed by atoms with van der Waals surface area (Å²) in [5, 5.41) is 3.78. The molecule has 0 saturated heterocycles. The first kappa shape index (κ1) is 31.6. The van der Waals surface area contributed by atoms with Gasteiger partial charge in [-0.3, -0.25) is 9.59 Å². The summed E-state index contributed by atoms with van der Waals surface area (Å²) in [6.07, 6.45) is 1.34. The van der Waals surface area contributed by atoms with Crippen LogP contribution in [0.25, 0.3) is 5.57 Å². The smallest absolute Gasteiger partial charge is 0.333 e. The van der Waals surface area contributed by atoms with Crippen LogP contribution in [-0.2, 0) is 14.3 Å². The van der Waals surface area contributed by atoms with Crippen LogP contribution in [0.3, 0.4) is 0 Å². The largest absolute Gasteiger partial charge is 0.493 e. The number of allylic oxidation sites excluding steroid dienone is 1. The zero-order valence-electron chi connectivity index (χ0n) is 23.9. The Morgan fingerprint density at radius 2 is 1.44 bits per heavy atom. The number of ether oxygens (including phenoxy) is 3. The Morgan fingerprint density at radius 1 is 0.878 bits per heavy atom. The van der Waals surface area contributed by atoms with Gasteiger partial charge in [0, 0.05) is 27.9 Å². The molecule has 10 heteroatoms. The van der Waals surface area contributed by atoms with Crippen molar-refractivity contribution in [3.05, 3.63) is 92.4 Å². The van der Waals surface area contributed by atoms with Crippen LogP contribution in [0, 0.1) is 19.8 Å². The van der Waals surface area contributed by atoms with Crippen LogP contribution in [0.15, 0.2) is 54.4 Å². The topological polar surface area (TPSA) is 104 Å². The minimum absolute atomic E-state index is 0.138. The molecule has 8 nitrogen and oxygen atoms in total. The Bertz CT molecular complexity index is 1460. The number of amides is 1. The van der Waals surface area contributed by atoms with Crippen molar-refractivity contribution in [3.63, 3.8) is 0 Å². The molecule has 0 fully saturated rings. The van der Waals surface area contributed by atoms with Gasteiger partial charge in [-0.15, -0.1) is 0 Å². The van der Waals surface area contributed by atoms with Crippen molar-refractivity contribution in [2.75, 3.05) is 7.11 Å². The van der Waals surface area contributed by atoms with Gasteiger partial charge in [-0.2, -0.15) is 0 Å². The molecule has 216 valence electrons. The van der Waals surface area contributed by atoms with Crippen LogP contribution in [0.4, 0.5) is 0 Å². The molecular formula is C31H32Cl2N2O6. The molecule has 0 aliphatic rings. The van der Waals surface area contributed by atoms with Gasteiger partial charge in [-0.1, -0.05) is 49.2 Å².